The minimum atomic E-state index is -0.310. The summed E-state index contributed by atoms with van der Waals surface area (Å²) in [6.45, 7) is 0.630. The number of hydrogen-bond acceptors (Lipinski definition) is 3. The molecule has 1 unspecified atom stereocenters. The molecule has 4 nitrogen and oxygen atoms in total. The van der Waals surface area contributed by atoms with Crippen molar-refractivity contribution in [3.05, 3.63) is 54.1 Å². The Balaban J connectivity index is 1.97. The lowest BCUT2D eigenvalue weighted by Crippen LogP contribution is -2.19. The van der Waals surface area contributed by atoms with Crippen LogP contribution in [0.25, 0.3) is 0 Å². The number of nitrogens with one attached hydrogen (secondary N) is 2. The molecule has 0 saturated carbocycles. The molecule has 2 N–H and O–H groups in total. The van der Waals surface area contributed by atoms with E-state index < -0.39 is 0 Å². The third-order valence-electron chi connectivity index (χ3n) is 2.30. The van der Waals surface area contributed by atoms with E-state index in [4.69, 9.17) is 5.26 Å². The summed E-state index contributed by atoms with van der Waals surface area (Å²) in [7, 11) is 0. The molecule has 0 aliphatic carbocycles. The third-order valence-corrected chi connectivity index (χ3v) is 2.30. The van der Waals surface area contributed by atoms with Gasteiger partial charge < -0.3 is 4.98 Å². The Hall–Kier alpha value is -2.12. The second kappa shape index (κ2) is 5.10. The van der Waals surface area contributed by atoms with Crippen molar-refractivity contribution in [2.45, 2.75) is 12.6 Å². The monoisotopic (exact) mass is 212 g/mol. The van der Waals surface area contributed by atoms with Gasteiger partial charge in [-0.15, -0.1) is 0 Å². The minimum absolute atomic E-state index is 0.310. The fourth-order valence-corrected chi connectivity index (χ4v) is 1.47. The van der Waals surface area contributed by atoms with Crippen LogP contribution in [0.4, 0.5) is 0 Å². The highest BCUT2D eigenvalue weighted by molar-refractivity contribution is 5.17. The standard InChI is InChI=1S/C12H12N4/c13-7-12(11-4-2-6-15-11)16-9-10-3-1-5-14-8-10/h1-6,8,12,15-16H,9H2. The van der Waals surface area contributed by atoms with Gasteiger partial charge in [-0.3, -0.25) is 10.3 Å². The van der Waals surface area contributed by atoms with Gasteiger partial charge in [-0.2, -0.15) is 5.26 Å². The molecule has 2 aromatic rings. The Morgan fingerprint density at radius 1 is 1.44 bits per heavy atom. The predicted octanol–water partition coefficient (Wildman–Crippen LogP) is 1.76. The molecule has 0 aromatic carbocycles. The number of aromatic nitrogens is 2. The Bertz CT molecular complexity index is 456. The molecule has 0 fully saturated rings. The highest BCUT2D eigenvalue weighted by Gasteiger charge is 2.09. The summed E-state index contributed by atoms with van der Waals surface area (Å²) in [6.07, 6.45) is 5.33. The van der Waals surface area contributed by atoms with Gasteiger partial charge in [0.1, 0.15) is 6.04 Å². The van der Waals surface area contributed by atoms with Gasteiger partial charge >= 0.3 is 0 Å². The SMILES string of the molecule is N#CC(NCc1cccnc1)c1ccc[nH]1. The first-order valence-electron chi connectivity index (χ1n) is 5.05. The van der Waals surface area contributed by atoms with Crippen LogP contribution in [0.3, 0.4) is 0 Å². The highest BCUT2D eigenvalue weighted by Crippen LogP contribution is 2.09. The molecule has 4 heteroatoms. The van der Waals surface area contributed by atoms with Crippen LogP contribution in [0.5, 0.6) is 0 Å². The summed E-state index contributed by atoms with van der Waals surface area (Å²) in [5.74, 6) is 0. The highest BCUT2D eigenvalue weighted by atomic mass is 14.9. The van der Waals surface area contributed by atoms with E-state index >= 15 is 0 Å². The van der Waals surface area contributed by atoms with Crippen LogP contribution in [0.1, 0.15) is 17.3 Å². The van der Waals surface area contributed by atoms with Crippen LogP contribution < -0.4 is 5.32 Å². The topological polar surface area (TPSA) is 64.5 Å². The summed E-state index contributed by atoms with van der Waals surface area (Å²) >= 11 is 0. The minimum Gasteiger partial charge on any atom is -0.363 e. The molecule has 0 aliphatic heterocycles. The van der Waals surface area contributed by atoms with Crippen molar-refractivity contribution in [1.82, 2.24) is 15.3 Å². The molecule has 0 spiro atoms. The van der Waals surface area contributed by atoms with E-state index in [0.717, 1.165) is 11.3 Å². The molecular weight excluding hydrogens is 200 g/mol. The van der Waals surface area contributed by atoms with E-state index in [2.05, 4.69) is 21.4 Å². The van der Waals surface area contributed by atoms with Gasteiger partial charge in [0, 0.05) is 30.8 Å². The first kappa shape index (κ1) is 10.4. The Morgan fingerprint density at radius 2 is 2.38 bits per heavy atom. The zero-order valence-electron chi connectivity index (χ0n) is 8.72. The van der Waals surface area contributed by atoms with Crippen LogP contribution in [-0.4, -0.2) is 9.97 Å². The fourth-order valence-electron chi connectivity index (χ4n) is 1.47. The number of pyridine rings is 1. The lowest BCUT2D eigenvalue weighted by Gasteiger charge is -2.09. The van der Waals surface area contributed by atoms with Gasteiger partial charge in [0.25, 0.3) is 0 Å². The van der Waals surface area contributed by atoms with Gasteiger partial charge in [-0.1, -0.05) is 6.07 Å². The molecule has 16 heavy (non-hydrogen) atoms. The summed E-state index contributed by atoms with van der Waals surface area (Å²) in [6, 6.07) is 9.53. The van der Waals surface area contributed by atoms with Crippen LogP contribution in [0, 0.1) is 11.3 Å². The summed E-state index contributed by atoms with van der Waals surface area (Å²) < 4.78 is 0. The smallest absolute Gasteiger partial charge is 0.136 e. The van der Waals surface area contributed by atoms with E-state index in [0.29, 0.717) is 6.54 Å². The van der Waals surface area contributed by atoms with Crippen molar-refractivity contribution >= 4 is 0 Å². The van der Waals surface area contributed by atoms with Gasteiger partial charge in [0.15, 0.2) is 0 Å². The zero-order chi connectivity index (χ0) is 11.2. The molecule has 0 amide bonds. The Kier molecular flexibility index (Phi) is 3.31. The lowest BCUT2D eigenvalue weighted by atomic mass is 10.2. The molecule has 2 aromatic heterocycles. The molecule has 80 valence electrons. The lowest BCUT2D eigenvalue weighted by molar-refractivity contribution is 0.618. The quantitative estimate of drug-likeness (QED) is 0.811. The number of rotatable bonds is 4. The number of hydrogen-bond donors (Lipinski definition) is 2. The average Bonchev–Trinajstić information content (AvgIpc) is 2.85. The van der Waals surface area contributed by atoms with Crippen molar-refractivity contribution in [1.29, 1.82) is 5.26 Å². The summed E-state index contributed by atoms with van der Waals surface area (Å²) in [4.78, 5) is 7.04. The van der Waals surface area contributed by atoms with E-state index in [-0.39, 0.29) is 6.04 Å². The van der Waals surface area contributed by atoms with Crippen molar-refractivity contribution in [3.63, 3.8) is 0 Å². The van der Waals surface area contributed by atoms with E-state index in [1.165, 1.54) is 0 Å². The molecule has 2 rings (SSSR count). The van der Waals surface area contributed by atoms with Crippen molar-refractivity contribution in [2.24, 2.45) is 0 Å². The molecule has 0 radical (unpaired) electrons. The number of nitrogens with zero attached hydrogens (tertiary/aromatic N) is 2. The van der Waals surface area contributed by atoms with Gasteiger partial charge in [-0.25, -0.2) is 0 Å². The Morgan fingerprint density at radius 3 is 3.00 bits per heavy atom. The summed E-state index contributed by atoms with van der Waals surface area (Å²) in [5, 5.41) is 12.2. The molecule has 0 bridgehead atoms. The van der Waals surface area contributed by atoms with Gasteiger partial charge in [0.05, 0.1) is 6.07 Å². The molecule has 1 atom stereocenters. The largest absolute Gasteiger partial charge is 0.363 e. The zero-order valence-corrected chi connectivity index (χ0v) is 8.72. The van der Waals surface area contributed by atoms with Crippen molar-refractivity contribution < 1.29 is 0 Å². The average molecular weight is 212 g/mol. The van der Waals surface area contributed by atoms with Crippen LogP contribution in [0.2, 0.25) is 0 Å². The Labute approximate surface area is 94.0 Å². The molecular formula is C12H12N4. The molecule has 2 heterocycles. The van der Waals surface area contributed by atoms with Crippen molar-refractivity contribution in [2.75, 3.05) is 0 Å². The van der Waals surface area contributed by atoms with Crippen LogP contribution in [-0.2, 0) is 6.54 Å². The van der Waals surface area contributed by atoms with Gasteiger partial charge in [-0.05, 0) is 23.8 Å². The van der Waals surface area contributed by atoms with Gasteiger partial charge in [0.2, 0.25) is 0 Å². The maximum atomic E-state index is 9.03. The van der Waals surface area contributed by atoms with E-state index in [9.17, 15) is 0 Å². The molecule has 0 aliphatic rings. The van der Waals surface area contributed by atoms with E-state index in [1.807, 2.05) is 30.5 Å². The van der Waals surface area contributed by atoms with Crippen LogP contribution >= 0.6 is 0 Å². The van der Waals surface area contributed by atoms with Crippen LogP contribution in [0.15, 0.2) is 42.9 Å². The van der Waals surface area contributed by atoms with E-state index in [1.54, 1.807) is 12.4 Å². The number of aromatic amines is 1. The first-order valence-corrected chi connectivity index (χ1v) is 5.05. The normalized spacial score (nSPS) is 11.9. The molecule has 0 saturated heterocycles. The third kappa shape index (κ3) is 2.47. The maximum Gasteiger partial charge on any atom is 0.136 e. The second-order valence-electron chi connectivity index (χ2n) is 3.43. The summed E-state index contributed by atoms with van der Waals surface area (Å²) in [5.41, 5.74) is 1.95. The number of nitriles is 1. The second-order valence-corrected chi connectivity index (χ2v) is 3.43. The number of H-pyrrole nitrogens is 1. The fraction of sp³-hybridized carbons (Fsp3) is 0.167. The maximum absolute atomic E-state index is 9.03. The van der Waals surface area contributed by atoms with Crippen molar-refractivity contribution in [3.8, 4) is 6.07 Å². The first-order chi connectivity index (χ1) is 7.90. The predicted molar refractivity (Wildman–Crippen MR) is 60.2 cm³/mol.